The molecule has 2 saturated heterocycles. The maximum atomic E-state index is 12.0. The molecule has 0 amide bonds. The first kappa shape index (κ1) is 84.6. The van der Waals surface area contributed by atoms with Gasteiger partial charge in [-0.25, -0.2) is 0 Å². The van der Waals surface area contributed by atoms with Crippen LogP contribution in [0.2, 0.25) is 0 Å². The standard InChI is InChI=1S/C30H44B2O4.C18H16Br2O2.C18H20Br2.C6H5Br.C6H8Cl2O2.CH4/c1-27(2)28(3,4)34-31(33-27)25-19-15-23(16-20-25)13-11-9-10-12-14-24-17-21-26(22-18-24)32-35-29(5,6)30(7,8)36-32;19-15-9-5-13(6-10-15)17(21)3-1-2-4-18(22)14-7-11-16(20)12-8-14;19-17-11-7-15(8-12-17)5-3-1-2-4-6-16-9-13-18(20)14-10-16;7-6-4-2-1-3-5-6;7-5(9)3-1-2-4-6(8)10;/h15-22H,9-14H2,1-8H3;5-12H,1-4H2;7-14H,1-6H2;1-5H;1-4H2;1H4. The molecule has 96 heavy (non-hydrogen) atoms. The second kappa shape index (κ2) is 43.7. The molecule has 7 aromatic rings. The summed E-state index contributed by atoms with van der Waals surface area (Å²) in [5.41, 5.74) is 8.10. The summed E-state index contributed by atoms with van der Waals surface area (Å²) in [6.45, 7) is 16.8. The monoisotopic (exact) mass is 1660 g/mol. The number of hydrogen-bond donors (Lipinski definition) is 0. The molecule has 0 N–H and O–H groups in total. The fourth-order valence-corrected chi connectivity index (χ4v) is 11.7. The van der Waals surface area contributed by atoms with E-state index < -0.39 is 0 Å². The molecule has 2 heterocycles. The van der Waals surface area contributed by atoms with Crippen LogP contribution in [0, 0.1) is 0 Å². The van der Waals surface area contributed by atoms with Gasteiger partial charge in [-0.1, -0.05) is 228 Å². The SMILES string of the molecule is Brc1ccc(CCCCCCc2ccc(Br)cc2)cc1.Brc1ccccc1.C.CC1(C)OB(c2ccc(CCCCCCc3ccc(B4OC(C)(C)C(C)(C)O4)cc3)cc2)OC1(C)C.O=C(CCCCC(=O)c1ccc(Br)cc1)c1ccc(Br)cc1.O=C(Cl)CCCCC(=O)Cl. The van der Waals surface area contributed by atoms with Gasteiger partial charge in [0.2, 0.25) is 10.5 Å². The van der Waals surface area contributed by atoms with Crippen LogP contribution in [-0.2, 0) is 53.9 Å². The summed E-state index contributed by atoms with van der Waals surface area (Å²) in [6, 6.07) is 59.6. The van der Waals surface area contributed by atoms with Crippen LogP contribution in [0.25, 0.3) is 0 Å². The molecular formula is C79H97B2Br5Cl2O8. The first-order chi connectivity index (χ1) is 45.1. The topological polar surface area (TPSA) is 105 Å². The molecule has 0 unspecified atom stereocenters. The summed E-state index contributed by atoms with van der Waals surface area (Å²) in [5.74, 6) is 0.257. The lowest BCUT2D eigenvalue weighted by Crippen LogP contribution is -2.41. The Balaban J connectivity index is 0.000000281. The highest BCUT2D eigenvalue weighted by molar-refractivity contribution is 9.11. The van der Waals surface area contributed by atoms with Gasteiger partial charge in [0.25, 0.3) is 0 Å². The average Bonchev–Trinajstić information content (AvgIpc) is 1.64. The van der Waals surface area contributed by atoms with Crippen molar-refractivity contribution in [2.75, 3.05) is 0 Å². The van der Waals surface area contributed by atoms with Gasteiger partial charge in [-0.15, -0.1) is 0 Å². The molecule has 8 nitrogen and oxygen atoms in total. The lowest BCUT2D eigenvalue weighted by atomic mass is 9.78. The van der Waals surface area contributed by atoms with E-state index in [1.165, 1.54) is 86.5 Å². The molecule has 0 aliphatic carbocycles. The largest absolute Gasteiger partial charge is 0.494 e. The summed E-state index contributed by atoms with van der Waals surface area (Å²) in [5, 5.41) is -0.718. The van der Waals surface area contributed by atoms with Gasteiger partial charge in [-0.05, 0) is 249 Å². The number of carbonyl (C=O) groups is 4. The number of benzene rings is 7. The van der Waals surface area contributed by atoms with Crippen molar-refractivity contribution >= 4 is 150 Å². The second-order valence-corrected chi connectivity index (χ2v) is 31.4. The number of hydrogen-bond acceptors (Lipinski definition) is 8. The van der Waals surface area contributed by atoms with E-state index in [4.69, 9.17) is 41.8 Å². The number of halogens is 7. The predicted octanol–water partition coefficient (Wildman–Crippen LogP) is 23.2. The lowest BCUT2D eigenvalue weighted by molar-refractivity contribution is -0.113. The van der Waals surface area contributed by atoms with Gasteiger partial charge < -0.3 is 18.6 Å². The van der Waals surface area contributed by atoms with Crippen molar-refractivity contribution in [2.24, 2.45) is 0 Å². The molecule has 0 saturated carbocycles. The van der Waals surface area contributed by atoms with E-state index in [2.05, 4.69) is 232 Å². The van der Waals surface area contributed by atoms with Crippen LogP contribution < -0.4 is 10.9 Å². The van der Waals surface area contributed by atoms with Crippen LogP contribution in [0.5, 0.6) is 0 Å². The number of aryl methyl sites for hydroxylation is 4. The quantitative estimate of drug-likeness (QED) is 0.0207. The highest BCUT2D eigenvalue weighted by Gasteiger charge is 2.52. The Bertz CT molecular complexity index is 3150. The van der Waals surface area contributed by atoms with E-state index >= 15 is 0 Å². The Kier molecular flexibility index (Phi) is 38.5. The van der Waals surface area contributed by atoms with Gasteiger partial charge in [0, 0.05) is 59.2 Å². The van der Waals surface area contributed by atoms with Crippen molar-refractivity contribution in [2.45, 2.75) is 214 Å². The van der Waals surface area contributed by atoms with E-state index in [9.17, 15) is 19.2 Å². The summed E-state index contributed by atoms with van der Waals surface area (Å²) in [7, 11) is -0.565. The number of rotatable bonds is 28. The van der Waals surface area contributed by atoms with Gasteiger partial charge >= 0.3 is 14.2 Å². The molecule has 7 aromatic carbocycles. The third kappa shape index (κ3) is 31.8. The first-order valence-corrected chi connectivity index (χ1v) is 37.9. The van der Waals surface area contributed by atoms with Crippen molar-refractivity contribution < 1.29 is 37.8 Å². The zero-order valence-electron chi connectivity index (χ0n) is 56.5. The Morgan fingerprint density at radius 3 is 0.781 bits per heavy atom. The molecule has 2 aliphatic rings. The van der Waals surface area contributed by atoms with Crippen LogP contribution in [0.15, 0.2) is 198 Å². The minimum Gasteiger partial charge on any atom is -0.399 e. The second-order valence-electron chi connectivity index (χ2n) is 26.0. The van der Waals surface area contributed by atoms with Crippen molar-refractivity contribution in [3.63, 3.8) is 0 Å². The lowest BCUT2D eigenvalue weighted by Gasteiger charge is -2.32. The Labute approximate surface area is 627 Å². The molecule has 9 rings (SSSR count). The molecule has 0 atom stereocenters. The molecular weight excluding hydrogens is 1570 g/mol. The van der Waals surface area contributed by atoms with E-state index in [1.807, 2.05) is 78.9 Å². The van der Waals surface area contributed by atoms with Crippen molar-refractivity contribution in [3.8, 4) is 0 Å². The van der Waals surface area contributed by atoms with Gasteiger partial charge in [0.1, 0.15) is 0 Å². The first-order valence-electron chi connectivity index (χ1n) is 33.1. The van der Waals surface area contributed by atoms with Crippen LogP contribution in [0.3, 0.4) is 0 Å². The Hall–Kier alpha value is -3.83. The zero-order chi connectivity index (χ0) is 69.4. The number of Topliss-reactive ketones (excluding diaryl/α,β-unsaturated/α-hetero) is 2. The predicted molar refractivity (Wildman–Crippen MR) is 421 cm³/mol. The zero-order valence-corrected chi connectivity index (χ0v) is 65.9. The highest BCUT2D eigenvalue weighted by Crippen LogP contribution is 2.38. The maximum Gasteiger partial charge on any atom is 0.494 e. The van der Waals surface area contributed by atoms with Crippen LogP contribution in [-0.4, -0.2) is 58.7 Å². The fourth-order valence-electron chi connectivity index (χ4n) is 10.0. The molecule has 0 aromatic heterocycles. The van der Waals surface area contributed by atoms with Gasteiger partial charge in [-0.3, -0.25) is 19.2 Å². The van der Waals surface area contributed by atoms with Crippen molar-refractivity contribution in [1.29, 1.82) is 0 Å². The molecule has 2 aliphatic heterocycles. The van der Waals surface area contributed by atoms with Crippen molar-refractivity contribution in [1.82, 2.24) is 0 Å². The van der Waals surface area contributed by atoms with E-state index in [-0.39, 0.29) is 66.1 Å². The average molecular weight is 1670 g/mol. The highest BCUT2D eigenvalue weighted by atomic mass is 79.9. The summed E-state index contributed by atoms with van der Waals surface area (Å²) in [4.78, 5) is 44.3. The maximum absolute atomic E-state index is 12.0. The normalized spacial score (nSPS) is 14.4. The Morgan fingerprint density at radius 2 is 0.542 bits per heavy atom. The molecule has 0 bridgehead atoms. The molecule has 0 radical (unpaired) electrons. The summed E-state index contributed by atoms with van der Waals surface area (Å²) < 4.78 is 30.0. The molecule has 17 heteroatoms. The van der Waals surface area contributed by atoms with Crippen LogP contribution in [0.4, 0.5) is 0 Å². The van der Waals surface area contributed by atoms with Gasteiger partial charge in [-0.2, -0.15) is 0 Å². The molecule has 516 valence electrons. The fraction of sp³-hybridized carbons (Fsp3) is 0.418. The Morgan fingerprint density at radius 1 is 0.312 bits per heavy atom. The molecule has 2 fully saturated rings. The van der Waals surface area contributed by atoms with Crippen LogP contribution in [0.1, 0.15) is 209 Å². The van der Waals surface area contributed by atoms with Gasteiger partial charge in [0.05, 0.1) is 22.4 Å². The third-order valence-corrected chi connectivity index (χ3v) is 20.3. The van der Waals surface area contributed by atoms with Crippen molar-refractivity contribution in [3.05, 3.63) is 232 Å². The minimum atomic E-state index is -0.359. The smallest absolute Gasteiger partial charge is 0.399 e. The van der Waals surface area contributed by atoms with Gasteiger partial charge in [0.15, 0.2) is 11.6 Å². The summed E-state index contributed by atoms with van der Waals surface area (Å²) in [6.07, 6.45) is 19.2. The number of carbonyl (C=O) groups excluding carboxylic acids is 4. The molecule has 0 spiro atoms. The van der Waals surface area contributed by atoms with E-state index in [0.717, 1.165) is 70.1 Å². The minimum absolute atomic E-state index is 0. The number of ketones is 2. The summed E-state index contributed by atoms with van der Waals surface area (Å²) >= 11 is 27.0. The number of unbranched alkanes of at least 4 members (excludes halogenated alkanes) is 8. The van der Waals surface area contributed by atoms with E-state index in [0.29, 0.717) is 38.5 Å². The van der Waals surface area contributed by atoms with Crippen LogP contribution >= 0.6 is 103 Å². The van der Waals surface area contributed by atoms with E-state index in [1.54, 1.807) is 0 Å². The third-order valence-electron chi connectivity index (χ3n) is 17.3.